The van der Waals surface area contributed by atoms with Gasteiger partial charge in [0, 0.05) is 0 Å². The van der Waals surface area contributed by atoms with Crippen molar-refractivity contribution >= 4 is 11.9 Å². The Hall–Kier alpha value is -2.10. The molecular formula is C18H23NO3. The van der Waals surface area contributed by atoms with E-state index in [0.29, 0.717) is 12.8 Å². The fourth-order valence-corrected chi connectivity index (χ4v) is 2.90. The summed E-state index contributed by atoms with van der Waals surface area (Å²) >= 11 is 0. The van der Waals surface area contributed by atoms with E-state index in [4.69, 9.17) is 4.74 Å². The third-order valence-corrected chi connectivity index (χ3v) is 4.50. The number of nitrogens with one attached hydrogen (secondary N) is 1. The molecule has 1 amide bonds. The Morgan fingerprint density at radius 1 is 1.27 bits per heavy atom. The van der Waals surface area contributed by atoms with Gasteiger partial charge in [-0.2, -0.15) is 0 Å². The average Bonchev–Trinajstić information content (AvgIpc) is 2.55. The van der Waals surface area contributed by atoms with Crippen LogP contribution in [0.1, 0.15) is 38.3 Å². The summed E-state index contributed by atoms with van der Waals surface area (Å²) in [6, 6.07) is 9.69. The highest BCUT2D eigenvalue weighted by Gasteiger charge is 2.46. The first-order valence-corrected chi connectivity index (χ1v) is 7.57. The van der Waals surface area contributed by atoms with Gasteiger partial charge in [0.1, 0.15) is 0 Å². The molecule has 1 N–H and O–H groups in total. The normalized spacial score (nSPS) is 25.3. The minimum absolute atomic E-state index is 0.102. The van der Waals surface area contributed by atoms with Crippen molar-refractivity contribution in [1.82, 2.24) is 5.32 Å². The molecule has 3 atom stereocenters. The van der Waals surface area contributed by atoms with Crippen LogP contribution in [0.15, 0.2) is 42.5 Å². The summed E-state index contributed by atoms with van der Waals surface area (Å²) in [4.78, 5) is 24.8. The van der Waals surface area contributed by atoms with E-state index in [-0.39, 0.29) is 17.9 Å². The summed E-state index contributed by atoms with van der Waals surface area (Å²) in [5.41, 5.74) is 0.269. The van der Waals surface area contributed by atoms with Gasteiger partial charge in [-0.1, -0.05) is 42.5 Å². The van der Waals surface area contributed by atoms with Crippen LogP contribution in [0.25, 0.3) is 0 Å². The molecule has 1 aliphatic rings. The number of carbonyl (C=O) groups is 2. The second-order valence-corrected chi connectivity index (χ2v) is 6.01. The largest absolute Gasteiger partial charge is 0.469 e. The number of hydrogen-bond donors (Lipinski definition) is 1. The van der Waals surface area contributed by atoms with Crippen molar-refractivity contribution in [2.75, 3.05) is 7.11 Å². The lowest BCUT2D eigenvalue weighted by molar-refractivity contribution is -0.155. The molecule has 0 bridgehead atoms. The van der Waals surface area contributed by atoms with Crippen molar-refractivity contribution in [3.8, 4) is 0 Å². The van der Waals surface area contributed by atoms with Crippen molar-refractivity contribution in [2.45, 2.75) is 32.7 Å². The molecule has 0 spiro atoms. The van der Waals surface area contributed by atoms with E-state index < -0.39 is 11.3 Å². The van der Waals surface area contributed by atoms with Crippen molar-refractivity contribution in [1.29, 1.82) is 0 Å². The molecule has 0 fully saturated rings. The molecule has 0 saturated heterocycles. The third-order valence-electron chi connectivity index (χ3n) is 4.50. The van der Waals surface area contributed by atoms with Gasteiger partial charge < -0.3 is 10.1 Å². The summed E-state index contributed by atoms with van der Waals surface area (Å²) in [7, 11) is 1.37. The van der Waals surface area contributed by atoms with E-state index in [1.165, 1.54) is 7.11 Å². The molecule has 0 aliphatic heterocycles. The lowest BCUT2D eigenvalue weighted by Crippen LogP contribution is -2.48. The van der Waals surface area contributed by atoms with Gasteiger partial charge >= 0.3 is 5.97 Å². The lowest BCUT2D eigenvalue weighted by Gasteiger charge is -2.36. The number of rotatable bonds is 4. The molecule has 0 heterocycles. The van der Waals surface area contributed by atoms with Crippen LogP contribution in [0, 0.1) is 11.3 Å². The van der Waals surface area contributed by atoms with Crippen LogP contribution in [-0.2, 0) is 14.3 Å². The lowest BCUT2D eigenvalue weighted by atomic mass is 9.69. The first kappa shape index (κ1) is 16.3. The van der Waals surface area contributed by atoms with Gasteiger partial charge in [-0.15, -0.1) is 0 Å². The summed E-state index contributed by atoms with van der Waals surface area (Å²) in [6.45, 7) is 3.79. The maximum Gasteiger partial charge on any atom is 0.310 e. The molecule has 4 nitrogen and oxygen atoms in total. The molecule has 4 heteroatoms. The van der Waals surface area contributed by atoms with Crippen molar-refractivity contribution in [3.05, 3.63) is 48.0 Å². The zero-order chi connectivity index (χ0) is 16.2. The first-order valence-electron chi connectivity index (χ1n) is 7.57. The van der Waals surface area contributed by atoms with Crippen LogP contribution in [0.4, 0.5) is 0 Å². The number of ether oxygens (including phenoxy) is 1. The quantitative estimate of drug-likeness (QED) is 0.687. The van der Waals surface area contributed by atoms with Gasteiger partial charge in [0.2, 0.25) is 5.91 Å². The van der Waals surface area contributed by atoms with Gasteiger partial charge in [-0.05, 0) is 32.3 Å². The molecule has 0 aromatic heterocycles. The average molecular weight is 301 g/mol. The van der Waals surface area contributed by atoms with E-state index in [0.717, 1.165) is 5.56 Å². The third kappa shape index (κ3) is 3.21. The Morgan fingerprint density at radius 2 is 1.95 bits per heavy atom. The smallest absolute Gasteiger partial charge is 0.310 e. The van der Waals surface area contributed by atoms with Crippen molar-refractivity contribution in [2.24, 2.45) is 11.3 Å². The van der Waals surface area contributed by atoms with E-state index in [9.17, 15) is 9.59 Å². The molecule has 2 rings (SSSR count). The summed E-state index contributed by atoms with van der Waals surface area (Å²) in [5, 5.41) is 3.03. The number of benzene rings is 1. The predicted octanol–water partition coefficient (Wildman–Crippen LogP) is 3.01. The van der Waals surface area contributed by atoms with Gasteiger partial charge in [0.05, 0.1) is 24.5 Å². The molecule has 1 aliphatic carbocycles. The van der Waals surface area contributed by atoms with Gasteiger partial charge in [0.25, 0.3) is 0 Å². The van der Waals surface area contributed by atoms with Crippen LogP contribution in [0.2, 0.25) is 0 Å². The van der Waals surface area contributed by atoms with Gasteiger partial charge in [0.15, 0.2) is 0 Å². The van der Waals surface area contributed by atoms with E-state index in [1.54, 1.807) is 0 Å². The summed E-state index contributed by atoms with van der Waals surface area (Å²) in [6.07, 6.45) is 4.99. The van der Waals surface area contributed by atoms with Crippen LogP contribution in [0.3, 0.4) is 0 Å². The number of hydrogen-bond acceptors (Lipinski definition) is 3. The van der Waals surface area contributed by atoms with E-state index in [2.05, 4.69) is 5.32 Å². The fraction of sp³-hybridized carbons (Fsp3) is 0.444. The molecule has 1 aromatic rings. The number of allylic oxidation sites excluding steroid dienone is 2. The van der Waals surface area contributed by atoms with Crippen LogP contribution < -0.4 is 5.32 Å². The van der Waals surface area contributed by atoms with Crippen LogP contribution in [-0.4, -0.2) is 19.0 Å². The van der Waals surface area contributed by atoms with Crippen LogP contribution in [0.5, 0.6) is 0 Å². The van der Waals surface area contributed by atoms with E-state index in [1.807, 2.05) is 56.3 Å². The number of esters is 1. The number of methoxy groups -OCH3 is 1. The Morgan fingerprint density at radius 3 is 2.59 bits per heavy atom. The summed E-state index contributed by atoms with van der Waals surface area (Å²) in [5.74, 6) is -0.872. The highest BCUT2D eigenvalue weighted by Crippen LogP contribution is 2.39. The van der Waals surface area contributed by atoms with Crippen molar-refractivity contribution in [3.63, 3.8) is 0 Å². The molecule has 0 radical (unpaired) electrons. The Balaban J connectivity index is 2.15. The maximum absolute atomic E-state index is 12.8. The zero-order valence-corrected chi connectivity index (χ0v) is 13.3. The van der Waals surface area contributed by atoms with E-state index >= 15 is 0 Å². The monoisotopic (exact) mass is 301 g/mol. The zero-order valence-electron chi connectivity index (χ0n) is 13.3. The minimum Gasteiger partial charge on any atom is -0.469 e. The fourth-order valence-electron chi connectivity index (χ4n) is 2.90. The van der Waals surface area contributed by atoms with Gasteiger partial charge in [-0.25, -0.2) is 0 Å². The summed E-state index contributed by atoms with van der Waals surface area (Å²) < 4.78 is 4.87. The molecule has 22 heavy (non-hydrogen) atoms. The minimum atomic E-state index is -0.773. The topological polar surface area (TPSA) is 55.4 Å². The molecule has 0 unspecified atom stereocenters. The van der Waals surface area contributed by atoms with Gasteiger partial charge in [-0.3, -0.25) is 9.59 Å². The molecule has 0 saturated carbocycles. The highest BCUT2D eigenvalue weighted by molar-refractivity contribution is 5.89. The van der Waals surface area contributed by atoms with Crippen LogP contribution >= 0.6 is 0 Å². The maximum atomic E-state index is 12.8. The van der Waals surface area contributed by atoms with Crippen molar-refractivity contribution < 1.29 is 14.3 Å². The second-order valence-electron chi connectivity index (χ2n) is 6.01. The SMILES string of the molecule is COC(=O)[C@@H]1CC=CC[C@]1(C)C(=O)N[C@@H](C)c1ccccc1. The number of carbonyl (C=O) groups excluding carboxylic acids is 2. The Kier molecular flexibility index (Phi) is 5.01. The second kappa shape index (κ2) is 6.77. The Labute approximate surface area is 131 Å². The number of amides is 1. The Bertz CT molecular complexity index is 567. The predicted molar refractivity (Wildman–Crippen MR) is 85.0 cm³/mol. The first-order chi connectivity index (χ1) is 10.5. The molecule has 1 aromatic carbocycles. The molecular weight excluding hydrogens is 278 g/mol. The molecule has 118 valence electrons. The highest BCUT2D eigenvalue weighted by atomic mass is 16.5. The standard InChI is InChI=1S/C18H23NO3/c1-13(14-9-5-4-6-10-14)19-17(21)18(2)12-8-7-11-15(18)16(20)22-3/h4-10,13,15H,11-12H2,1-3H3,(H,19,21)/t13-,15-,18-/m0/s1.